The number of carbonyl (C=O) groups is 1. The van der Waals surface area contributed by atoms with Gasteiger partial charge in [-0.05, 0) is 23.8 Å². The molecule has 0 aliphatic carbocycles. The van der Waals surface area contributed by atoms with Gasteiger partial charge in [0.25, 0.3) is 0 Å². The molecule has 3 nitrogen and oxygen atoms in total. The van der Waals surface area contributed by atoms with Crippen LogP contribution in [0.25, 0.3) is 0 Å². The highest BCUT2D eigenvalue weighted by molar-refractivity contribution is 5.73. The van der Waals surface area contributed by atoms with E-state index in [1.807, 2.05) is 18.2 Å². The van der Waals surface area contributed by atoms with Crippen LogP contribution in [0.5, 0.6) is 0 Å². The van der Waals surface area contributed by atoms with Crippen molar-refractivity contribution in [1.82, 2.24) is 10.6 Å². The molecule has 0 saturated heterocycles. The van der Waals surface area contributed by atoms with Crippen LogP contribution in [0.15, 0.2) is 30.3 Å². The predicted molar refractivity (Wildman–Crippen MR) is 75.5 cm³/mol. The minimum Gasteiger partial charge on any atom is -0.338 e. The summed E-state index contributed by atoms with van der Waals surface area (Å²) in [5, 5.41) is 5.76. The largest absolute Gasteiger partial charge is 0.338 e. The first kappa shape index (κ1) is 14.6. The number of carbonyl (C=O) groups excluding carboxylic acids is 1. The Hall–Kier alpha value is -1.51. The maximum absolute atomic E-state index is 11.5. The van der Waals surface area contributed by atoms with E-state index in [0.717, 1.165) is 13.0 Å². The Balaban J connectivity index is 2.21. The number of rotatable bonds is 6. The molecule has 1 aromatic rings. The SMILES string of the molecule is CC(C)CNC(=O)NCC(C)Cc1ccccc1. The Morgan fingerprint density at radius 3 is 2.28 bits per heavy atom. The number of amides is 2. The molecule has 2 amide bonds. The molecule has 18 heavy (non-hydrogen) atoms. The van der Waals surface area contributed by atoms with E-state index in [-0.39, 0.29) is 6.03 Å². The van der Waals surface area contributed by atoms with E-state index in [2.05, 4.69) is 43.5 Å². The van der Waals surface area contributed by atoms with Crippen molar-refractivity contribution in [2.24, 2.45) is 11.8 Å². The van der Waals surface area contributed by atoms with Crippen LogP contribution in [0.3, 0.4) is 0 Å². The summed E-state index contributed by atoms with van der Waals surface area (Å²) in [5.41, 5.74) is 1.31. The highest BCUT2D eigenvalue weighted by atomic mass is 16.2. The highest BCUT2D eigenvalue weighted by Crippen LogP contribution is 2.06. The van der Waals surface area contributed by atoms with Crippen molar-refractivity contribution in [3.8, 4) is 0 Å². The van der Waals surface area contributed by atoms with Crippen molar-refractivity contribution >= 4 is 6.03 Å². The fraction of sp³-hybridized carbons (Fsp3) is 0.533. The van der Waals surface area contributed by atoms with Crippen LogP contribution in [-0.4, -0.2) is 19.1 Å². The number of hydrogen-bond donors (Lipinski definition) is 2. The Bertz CT molecular complexity index is 349. The normalized spacial score (nSPS) is 12.2. The van der Waals surface area contributed by atoms with Crippen LogP contribution >= 0.6 is 0 Å². The van der Waals surface area contributed by atoms with Crippen LogP contribution in [0.2, 0.25) is 0 Å². The van der Waals surface area contributed by atoms with Gasteiger partial charge >= 0.3 is 6.03 Å². The first-order valence-corrected chi connectivity index (χ1v) is 6.63. The molecule has 0 radical (unpaired) electrons. The molecule has 1 atom stereocenters. The quantitative estimate of drug-likeness (QED) is 0.798. The lowest BCUT2D eigenvalue weighted by Gasteiger charge is -2.14. The van der Waals surface area contributed by atoms with Gasteiger partial charge in [-0.3, -0.25) is 0 Å². The third kappa shape index (κ3) is 6.28. The third-order valence-electron chi connectivity index (χ3n) is 2.71. The molecule has 2 N–H and O–H groups in total. The van der Waals surface area contributed by atoms with Crippen LogP contribution in [0.1, 0.15) is 26.3 Å². The first-order valence-electron chi connectivity index (χ1n) is 6.63. The standard InChI is InChI=1S/C15H24N2O/c1-12(2)10-16-15(18)17-11-13(3)9-14-7-5-4-6-8-14/h4-8,12-13H,9-11H2,1-3H3,(H2,16,17,18). The summed E-state index contributed by atoms with van der Waals surface area (Å²) in [6.45, 7) is 7.74. The summed E-state index contributed by atoms with van der Waals surface area (Å²) in [7, 11) is 0. The maximum Gasteiger partial charge on any atom is 0.314 e. The van der Waals surface area contributed by atoms with Gasteiger partial charge in [-0.15, -0.1) is 0 Å². The molecule has 0 aromatic heterocycles. The van der Waals surface area contributed by atoms with E-state index in [4.69, 9.17) is 0 Å². The zero-order chi connectivity index (χ0) is 13.4. The topological polar surface area (TPSA) is 41.1 Å². The molecule has 0 spiro atoms. The molecular weight excluding hydrogens is 224 g/mol. The highest BCUT2D eigenvalue weighted by Gasteiger charge is 2.06. The lowest BCUT2D eigenvalue weighted by atomic mass is 10.0. The van der Waals surface area contributed by atoms with Crippen LogP contribution in [-0.2, 0) is 6.42 Å². The zero-order valence-electron chi connectivity index (χ0n) is 11.6. The van der Waals surface area contributed by atoms with Crippen molar-refractivity contribution in [2.75, 3.05) is 13.1 Å². The number of benzene rings is 1. The van der Waals surface area contributed by atoms with Crippen LogP contribution < -0.4 is 10.6 Å². The van der Waals surface area contributed by atoms with E-state index >= 15 is 0 Å². The van der Waals surface area contributed by atoms with E-state index < -0.39 is 0 Å². The van der Waals surface area contributed by atoms with Gasteiger partial charge in [0, 0.05) is 13.1 Å². The zero-order valence-corrected chi connectivity index (χ0v) is 11.6. The van der Waals surface area contributed by atoms with Gasteiger partial charge in [0.2, 0.25) is 0 Å². The van der Waals surface area contributed by atoms with Gasteiger partial charge in [0.1, 0.15) is 0 Å². The Morgan fingerprint density at radius 1 is 1.06 bits per heavy atom. The van der Waals surface area contributed by atoms with E-state index in [0.29, 0.717) is 18.4 Å². The van der Waals surface area contributed by atoms with Gasteiger partial charge in [-0.1, -0.05) is 51.1 Å². The average molecular weight is 248 g/mol. The summed E-state index contributed by atoms with van der Waals surface area (Å²) in [4.78, 5) is 11.5. The van der Waals surface area contributed by atoms with Gasteiger partial charge in [-0.25, -0.2) is 4.79 Å². The molecular formula is C15H24N2O. The Labute approximate surface area is 110 Å². The summed E-state index contributed by atoms with van der Waals surface area (Å²) < 4.78 is 0. The molecule has 1 unspecified atom stereocenters. The molecule has 1 aromatic carbocycles. The second-order valence-corrected chi connectivity index (χ2v) is 5.28. The summed E-state index contributed by atoms with van der Waals surface area (Å²) >= 11 is 0. The summed E-state index contributed by atoms with van der Waals surface area (Å²) in [6.07, 6.45) is 0.991. The lowest BCUT2D eigenvalue weighted by molar-refractivity contribution is 0.238. The van der Waals surface area contributed by atoms with Crippen LogP contribution in [0.4, 0.5) is 4.79 Å². The predicted octanol–water partition coefficient (Wildman–Crippen LogP) is 2.82. The minimum absolute atomic E-state index is 0.0661. The molecule has 0 fully saturated rings. The molecule has 0 aliphatic rings. The minimum atomic E-state index is -0.0661. The number of nitrogens with one attached hydrogen (secondary N) is 2. The Kier molecular flexibility index (Phi) is 6.26. The van der Waals surface area contributed by atoms with Gasteiger partial charge < -0.3 is 10.6 Å². The third-order valence-corrected chi connectivity index (χ3v) is 2.71. The first-order chi connectivity index (χ1) is 8.58. The number of urea groups is 1. The second-order valence-electron chi connectivity index (χ2n) is 5.28. The molecule has 0 heterocycles. The van der Waals surface area contributed by atoms with Gasteiger partial charge in [0.15, 0.2) is 0 Å². The van der Waals surface area contributed by atoms with Gasteiger partial charge in [-0.2, -0.15) is 0 Å². The fourth-order valence-electron chi connectivity index (χ4n) is 1.71. The molecule has 1 rings (SSSR count). The lowest BCUT2D eigenvalue weighted by Crippen LogP contribution is -2.39. The molecule has 0 aliphatic heterocycles. The van der Waals surface area contributed by atoms with E-state index in [9.17, 15) is 4.79 Å². The van der Waals surface area contributed by atoms with E-state index in [1.165, 1.54) is 5.56 Å². The second kappa shape index (κ2) is 7.75. The van der Waals surface area contributed by atoms with Crippen LogP contribution in [0, 0.1) is 11.8 Å². The number of hydrogen-bond acceptors (Lipinski definition) is 1. The molecule has 0 saturated carbocycles. The Morgan fingerprint density at radius 2 is 1.67 bits per heavy atom. The smallest absolute Gasteiger partial charge is 0.314 e. The molecule has 0 bridgehead atoms. The monoisotopic (exact) mass is 248 g/mol. The van der Waals surface area contributed by atoms with Crippen molar-refractivity contribution in [1.29, 1.82) is 0 Å². The van der Waals surface area contributed by atoms with Crippen molar-refractivity contribution < 1.29 is 4.79 Å². The van der Waals surface area contributed by atoms with Gasteiger partial charge in [0.05, 0.1) is 0 Å². The molecule has 3 heteroatoms. The fourth-order valence-corrected chi connectivity index (χ4v) is 1.71. The average Bonchev–Trinajstić information content (AvgIpc) is 2.35. The van der Waals surface area contributed by atoms with Crippen molar-refractivity contribution in [2.45, 2.75) is 27.2 Å². The maximum atomic E-state index is 11.5. The van der Waals surface area contributed by atoms with E-state index in [1.54, 1.807) is 0 Å². The van der Waals surface area contributed by atoms with Crippen molar-refractivity contribution in [3.05, 3.63) is 35.9 Å². The van der Waals surface area contributed by atoms with Crippen molar-refractivity contribution in [3.63, 3.8) is 0 Å². The molecule has 100 valence electrons. The summed E-state index contributed by atoms with van der Waals surface area (Å²) in [6, 6.07) is 10.3. The summed E-state index contributed by atoms with van der Waals surface area (Å²) in [5.74, 6) is 0.926.